The minimum absolute atomic E-state index is 0.0685. The highest BCUT2D eigenvalue weighted by atomic mass is 35.5. The molecule has 8 heteroatoms. The van der Waals surface area contributed by atoms with Crippen LogP contribution in [0.2, 0.25) is 5.02 Å². The first-order valence-corrected chi connectivity index (χ1v) is 9.73. The zero-order chi connectivity index (χ0) is 21.1. The molecule has 0 unspecified atom stereocenters. The van der Waals surface area contributed by atoms with Crippen molar-refractivity contribution in [2.24, 2.45) is 0 Å². The third-order valence-corrected chi connectivity index (χ3v) is 4.95. The summed E-state index contributed by atoms with van der Waals surface area (Å²) in [6.45, 7) is -0.0685. The number of nitrogens with zero attached hydrogens (tertiary/aromatic N) is 1. The molecule has 4 rings (SSSR count). The third kappa shape index (κ3) is 4.31. The molecule has 0 saturated carbocycles. The maximum absolute atomic E-state index is 12.5. The van der Waals surface area contributed by atoms with E-state index in [2.05, 4.69) is 0 Å². The van der Waals surface area contributed by atoms with Gasteiger partial charge in [0.15, 0.2) is 12.0 Å². The van der Waals surface area contributed by atoms with Crippen molar-refractivity contribution in [2.45, 2.75) is 25.3 Å². The molecule has 2 saturated heterocycles. The lowest BCUT2D eigenvalue weighted by Gasteiger charge is -2.33. The first-order chi connectivity index (χ1) is 14.5. The quantitative estimate of drug-likeness (QED) is 0.520. The van der Waals surface area contributed by atoms with Gasteiger partial charge < -0.3 is 14.2 Å². The van der Waals surface area contributed by atoms with Crippen molar-refractivity contribution in [2.75, 3.05) is 6.61 Å². The number of hydrogen-bond donors (Lipinski definition) is 0. The van der Waals surface area contributed by atoms with E-state index in [4.69, 9.17) is 25.8 Å². The molecule has 2 aliphatic rings. The van der Waals surface area contributed by atoms with Crippen LogP contribution < -0.4 is 0 Å². The van der Waals surface area contributed by atoms with E-state index in [1.165, 1.54) is 17.0 Å². The third-order valence-electron chi connectivity index (χ3n) is 4.71. The molecule has 2 aromatic carbocycles. The predicted molar refractivity (Wildman–Crippen MR) is 106 cm³/mol. The Morgan fingerprint density at radius 3 is 2.70 bits per heavy atom. The number of esters is 2. The standard InChI is InChI=1S/C22H18ClNO6/c23-16-8-4-7-15(12-16)22(27)30-21-17(29-19-13-18(25)24(19)21)9-10-28-20(26)11-14-5-2-1-3-6-14/h1-9,12,19,21H,10-11,13H2/t19-,21+/m1/s1. The Balaban J connectivity index is 1.40. The molecule has 2 heterocycles. The second-order valence-corrected chi connectivity index (χ2v) is 7.23. The average molecular weight is 428 g/mol. The fourth-order valence-corrected chi connectivity index (χ4v) is 3.40. The van der Waals surface area contributed by atoms with Crippen molar-refractivity contribution >= 4 is 29.4 Å². The van der Waals surface area contributed by atoms with Crippen molar-refractivity contribution in [3.05, 3.63) is 82.6 Å². The van der Waals surface area contributed by atoms with Gasteiger partial charge in [-0.1, -0.05) is 48.0 Å². The summed E-state index contributed by atoms with van der Waals surface area (Å²) >= 11 is 5.92. The summed E-state index contributed by atoms with van der Waals surface area (Å²) in [5.74, 6) is -0.969. The highest BCUT2D eigenvalue weighted by Gasteiger charge is 2.52. The lowest BCUT2D eigenvalue weighted by molar-refractivity contribution is -0.164. The van der Waals surface area contributed by atoms with E-state index < -0.39 is 24.4 Å². The number of amides is 1. The van der Waals surface area contributed by atoms with E-state index in [1.54, 1.807) is 18.2 Å². The Kier molecular flexibility index (Phi) is 5.72. The molecule has 2 fully saturated rings. The van der Waals surface area contributed by atoms with Crippen molar-refractivity contribution in [3.63, 3.8) is 0 Å². The first-order valence-electron chi connectivity index (χ1n) is 9.35. The summed E-state index contributed by atoms with van der Waals surface area (Å²) in [6, 6.07) is 15.5. The van der Waals surface area contributed by atoms with E-state index in [0.717, 1.165) is 5.56 Å². The summed E-state index contributed by atoms with van der Waals surface area (Å²) in [4.78, 5) is 37.8. The van der Waals surface area contributed by atoms with Crippen LogP contribution in [0.1, 0.15) is 22.3 Å². The van der Waals surface area contributed by atoms with Crippen molar-refractivity contribution in [1.82, 2.24) is 4.90 Å². The molecular weight excluding hydrogens is 410 g/mol. The second-order valence-electron chi connectivity index (χ2n) is 6.80. The smallest absolute Gasteiger partial charge is 0.340 e. The molecule has 0 radical (unpaired) electrons. The van der Waals surface area contributed by atoms with Gasteiger partial charge in [0.05, 0.1) is 18.4 Å². The van der Waals surface area contributed by atoms with Crippen LogP contribution in [0.15, 0.2) is 66.4 Å². The Bertz CT molecular complexity index is 1010. The molecule has 7 nitrogen and oxygen atoms in total. The molecule has 154 valence electrons. The predicted octanol–water partition coefficient (Wildman–Crippen LogP) is 3.08. The van der Waals surface area contributed by atoms with Crippen LogP contribution in [0, 0.1) is 0 Å². The number of ether oxygens (including phenoxy) is 3. The summed E-state index contributed by atoms with van der Waals surface area (Å²) in [7, 11) is 0. The number of β-lactam (4-membered cyclic amide) rings is 1. The van der Waals surface area contributed by atoms with Gasteiger partial charge in [0, 0.05) is 5.02 Å². The van der Waals surface area contributed by atoms with Gasteiger partial charge in [-0.2, -0.15) is 0 Å². The molecule has 0 spiro atoms. The van der Waals surface area contributed by atoms with Crippen LogP contribution in [-0.2, 0) is 30.2 Å². The zero-order valence-electron chi connectivity index (χ0n) is 15.8. The molecule has 30 heavy (non-hydrogen) atoms. The summed E-state index contributed by atoms with van der Waals surface area (Å²) in [6.07, 6.45) is 0.364. The number of hydrogen-bond acceptors (Lipinski definition) is 6. The highest BCUT2D eigenvalue weighted by molar-refractivity contribution is 6.30. The number of carbonyl (C=O) groups is 3. The summed E-state index contributed by atoms with van der Waals surface area (Å²) in [5, 5.41) is 0.395. The van der Waals surface area contributed by atoms with Crippen molar-refractivity contribution in [3.8, 4) is 0 Å². The lowest BCUT2D eigenvalue weighted by Crippen LogP contribution is -2.53. The minimum atomic E-state index is -1.00. The molecule has 2 aromatic rings. The van der Waals surface area contributed by atoms with Gasteiger partial charge in [0.2, 0.25) is 12.1 Å². The van der Waals surface area contributed by atoms with Gasteiger partial charge in [-0.3, -0.25) is 14.5 Å². The SMILES string of the molecule is O=C(Cc1ccccc1)OCC=C1O[C@@H]2CC(=O)N2[C@H]1OC(=O)c1cccc(Cl)c1. The van der Waals surface area contributed by atoms with Crippen molar-refractivity contribution in [1.29, 1.82) is 0 Å². The Morgan fingerprint density at radius 1 is 1.17 bits per heavy atom. The highest BCUT2D eigenvalue weighted by Crippen LogP contribution is 2.37. The fourth-order valence-electron chi connectivity index (χ4n) is 3.21. The zero-order valence-corrected chi connectivity index (χ0v) is 16.6. The van der Waals surface area contributed by atoms with E-state index in [9.17, 15) is 14.4 Å². The van der Waals surface area contributed by atoms with Crippen LogP contribution in [0.5, 0.6) is 0 Å². The summed E-state index contributed by atoms with van der Waals surface area (Å²) < 4.78 is 16.4. The van der Waals surface area contributed by atoms with E-state index in [1.807, 2.05) is 30.3 Å². The first kappa shape index (κ1) is 20.0. The normalized spacial score (nSPS) is 20.9. The van der Waals surface area contributed by atoms with Crippen LogP contribution >= 0.6 is 11.6 Å². The molecule has 0 N–H and O–H groups in total. The van der Waals surface area contributed by atoms with Gasteiger partial charge in [-0.05, 0) is 29.8 Å². The molecule has 2 aliphatic heterocycles. The number of fused-ring (bicyclic) bond motifs is 1. The molecule has 0 bridgehead atoms. The molecule has 0 aliphatic carbocycles. The average Bonchev–Trinajstić information content (AvgIpc) is 2.99. The Labute approximate surface area is 177 Å². The maximum atomic E-state index is 12.5. The van der Waals surface area contributed by atoms with Crippen molar-refractivity contribution < 1.29 is 28.6 Å². The monoisotopic (exact) mass is 427 g/mol. The second kappa shape index (κ2) is 8.59. The van der Waals surface area contributed by atoms with Gasteiger partial charge in [-0.15, -0.1) is 0 Å². The Morgan fingerprint density at radius 2 is 1.97 bits per heavy atom. The lowest BCUT2D eigenvalue weighted by atomic mass is 10.1. The van der Waals surface area contributed by atoms with Crippen LogP contribution in [0.25, 0.3) is 0 Å². The molecule has 0 aromatic heterocycles. The number of benzene rings is 2. The van der Waals surface area contributed by atoms with Gasteiger partial charge in [0.1, 0.15) is 6.61 Å². The number of rotatable bonds is 6. The van der Waals surface area contributed by atoms with Gasteiger partial charge in [-0.25, -0.2) is 4.79 Å². The van der Waals surface area contributed by atoms with E-state index >= 15 is 0 Å². The fraction of sp³-hybridized carbons (Fsp3) is 0.227. The van der Waals surface area contributed by atoms with Gasteiger partial charge >= 0.3 is 11.9 Å². The number of carbonyl (C=O) groups excluding carboxylic acids is 3. The van der Waals surface area contributed by atoms with E-state index in [-0.39, 0.29) is 36.7 Å². The largest absolute Gasteiger partial charge is 0.468 e. The summed E-state index contributed by atoms with van der Waals surface area (Å²) in [5.41, 5.74) is 1.10. The van der Waals surface area contributed by atoms with E-state index in [0.29, 0.717) is 5.02 Å². The molecule has 1 amide bonds. The van der Waals surface area contributed by atoms with Gasteiger partial charge in [0.25, 0.3) is 0 Å². The topological polar surface area (TPSA) is 82.1 Å². The van der Waals surface area contributed by atoms with Crippen LogP contribution in [-0.4, -0.2) is 41.8 Å². The molecular formula is C22H18ClNO6. The number of halogens is 1. The van der Waals surface area contributed by atoms with Crippen LogP contribution in [0.3, 0.4) is 0 Å². The minimum Gasteiger partial charge on any atom is -0.468 e. The maximum Gasteiger partial charge on any atom is 0.340 e. The Hall–Kier alpha value is -3.32. The van der Waals surface area contributed by atoms with Crippen LogP contribution in [0.4, 0.5) is 0 Å². The molecule has 2 atom stereocenters.